The monoisotopic (exact) mass is 459 g/mol. The van der Waals surface area contributed by atoms with E-state index in [0.717, 1.165) is 19.3 Å². The zero-order valence-corrected chi connectivity index (χ0v) is 19.2. The summed E-state index contributed by atoms with van der Waals surface area (Å²) in [5.74, 6) is -1.24. The zero-order valence-electron chi connectivity index (χ0n) is 19.2. The number of unbranched alkanes of at least 4 members (excludes halogenated alkanes) is 3. The predicted molar refractivity (Wildman–Crippen MR) is 121 cm³/mol. The van der Waals surface area contributed by atoms with E-state index in [2.05, 4.69) is 10.6 Å². The Balaban J connectivity index is 1.59. The van der Waals surface area contributed by atoms with Crippen LogP contribution in [0.25, 0.3) is 0 Å². The molecule has 3 amide bonds. The number of carbonyl (C=O) groups excluding carboxylic acids is 3. The number of methoxy groups -OCH3 is 1. The Morgan fingerprint density at radius 1 is 1.18 bits per heavy atom. The smallest absolute Gasteiger partial charge is 0.250 e. The Morgan fingerprint density at radius 2 is 1.91 bits per heavy atom. The molecule has 9 heteroatoms. The molecule has 33 heavy (non-hydrogen) atoms. The number of hydrogen-bond donors (Lipinski definition) is 3. The van der Waals surface area contributed by atoms with Crippen molar-refractivity contribution in [3.63, 3.8) is 0 Å². The highest BCUT2D eigenvalue weighted by molar-refractivity contribution is 6.03. The summed E-state index contributed by atoms with van der Waals surface area (Å²) in [6, 6.07) is 6.22. The van der Waals surface area contributed by atoms with Crippen molar-refractivity contribution in [3.8, 4) is 5.75 Å². The average Bonchev–Trinajstić information content (AvgIpc) is 3.46. The van der Waals surface area contributed by atoms with Crippen molar-refractivity contribution in [1.29, 1.82) is 0 Å². The van der Waals surface area contributed by atoms with Crippen LogP contribution in [0.2, 0.25) is 0 Å². The van der Waals surface area contributed by atoms with E-state index in [0.29, 0.717) is 37.2 Å². The fourth-order valence-electron chi connectivity index (χ4n) is 5.79. The molecule has 3 heterocycles. The standard InChI is InChI=1S/C24H33N3O6/c1-25-21(29)18-17-11-12-24(33-17)19(18)23(31)27(13-5-3-4-6-14-28)20(24)22(30)26-15-7-9-16(32-2)10-8-15/h7-10,17-20,28H,3-6,11-14H2,1-2H3,(H,25,29)(H,26,30)/t17-,18+,19+,20?,24?/m1/s1. The summed E-state index contributed by atoms with van der Waals surface area (Å²) in [7, 11) is 3.14. The molecule has 0 aliphatic carbocycles. The van der Waals surface area contributed by atoms with E-state index in [9.17, 15) is 14.4 Å². The first-order valence-electron chi connectivity index (χ1n) is 11.7. The van der Waals surface area contributed by atoms with E-state index < -0.39 is 23.5 Å². The summed E-state index contributed by atoms with van der Waals surface area (Å²) in [5, 5.41) is 14.6. The fraction of sp³-hybridized carbons (Fsp3) is 0.625. The number of rotatable bonds is 10. The molecular weight excluding hydrogens is 426 g/mol. The molecular formula is C24H33N3O6. The second-order valence-electron chi connectivity index (χ2n) is 9.06. The second kappa shape index (κ2) is 9.69. The summed E-state index contributed by atoms with van der Waals surface area (Å²) < 4.78 is 11.5. The Bertz CT molecular complexity index is 891. The molecule has 2 bridgehead atoms. The highest BCUT2D eigenvalue weighted by Gasteiger charge is 2.74. The minimum atomic E-state index is -0.986. The third-order valence-electron chi connectivity index (χ3n) is 7.26. The number of aliphatic hydroxyl groups is 1. The molecule has 3 N–H and O–H groups in total. The van der Waals surface area contributed by atoms with Crippen molar-refractivity contribution < 1.29 is 29.0 Å². The van der Waals surface area contributed by atoms with Crippen LogP contribution in [0.1, 0.15) is 38.5 Å². The lowest BCUT2D eigenvalue weighted by Gasteiger charge is -2.33. The summed E-state index contributed by atoms with van der Waals surface area (Å²) in [5.41, 5.74) is -0.382. The largest absolute Gasteiger partial charge is 0.497 e. The SMILES string of the molecule is CNC(=O)[C@@H]1[C@H]2C(=O)N(CCCCCCO)C(C(=O)Nc3ccc(OC)cc3)C23CC[C@H]1O3. The van der Waals surface area contributed by atoms with Gasteiger partial charge in [0.05, 0.1) is 25.0 Å². The molecule has 3 aliphatic rings. The maximum Gasteiger partial charge on any atom is 0.250 e. The highest BCUT2D eigenvalue weighted by atomic mass is 16.5. The minimum absolute atomic E-state index is 0.143. The van der Waals surface area contributed by atoms with Crippen LogP contribution in [0.15, 0.2) is 24.3 Å². The first-order valence-corrected chi connectivity index (χ1v) is 11.7. The molecule has 5 atom stereocenters. The van der Waals surface area contributed by atoms with Crippen LogP contribution in [-0.2, 0) is 19.1 Å². The van der Waals surface area contributed by atoms with Gasteiger partial charge in [0.2, 0.25) is 17.7 Å². The zero-order chi connectivity index (χ0) is 23.6. The van der Waals surface area contributed by atoms with Gasteiger partial charge in [-0.25, -0.2) is 0 Å². The molecule has 1 spiro atoms. The predicted octanol–water partition coefficient (Wildman–Crippen LogP) is 1.31. The fourth-order valence-corrected chi connectivity index (χ4v) is 5.79. The number of ether oxygens (including phenoxy) is 2. The van der Waals surface area contributed by atoms with E-state index in [1.54, 1.807) is 43.3 Å². The maximum atomic E-state index is 13.6. The molecule has 3 aliphatic heterocycles. The number of nitrogens with zero attached hydrogens (tertiary/aromatic N) is 1. The number of carbonyl (C=O) groups is 3. The second-order valence-corrected chi connectivity index (χ2v) is 9.06. The lowest BCUT2D eigenvalue weighted by Crippen LogP contribution is -2.53. The number of fused-ring (bicyclic) bond motifs is 1. The lowest BCUT2D eigenvalue weighted by molar-refractivity contribution is -0.140. The topological polar surface area (TPSA) is 117 Å². The Hall–Kier alpha value is -2.65. The minimum Gasteiger partial charge on any atom is -0.497 e. The molecule has 1 aromatic carbocycles. The van der Waals surface area contributed by atoms with Crippen LogP contribution in [0.4, 0.5) is 5.69 Å². The van der Waals surface area contributed by atoms with Gasteiger partial charge in [-0.1, -0.05) is 12.8 Å². The summed E-state index contributed by atoms with van der Waals surface area (Å²) in [6.45, 7) is 0.557. The molecule has 4 rings (SSSR count). The van der Waals surface area contributed by atoms with Crippen molar-refractivity contribution in [3.05, 3.63) is 24.3 Å². The molecule has 180 valence electrons. The van der Waals surface area contributed by atoms with E-state index in [4.69, 9.17) is 14.6 Å². The van der Waals surface area contributed by atoms with Gasteiger partial charge in [0.1, 0.15) is 17.4 Å². The van der Waals surface area contributed by atoms with Gasteiger partial charge in [0.25, 0.3) is 0 Å². The quantitative estimate of drug-likeness (QED) is 0.454. The van der Waals surface area contributed by atoms with E-state index in [1.165, 1.54) is 0 Å². The number of hydrogen-bond acceptors (Lipinski definition) is 6. The van der Waals surface area contributed by atoms with Crippen molar-refractivity contribution in [2.24, 2.45) is 11.8 Å². The van der Waals surface area contributed by atoms with E-state index in [1.807, 2.05) is 0 Å². The maximum absolute atomic E-state index is 13.6. The molecule has 2 unspecified atom stereocenters. The molecule has 3 fully saturated rings. The van der Waals surface area contributed by atoms with Gasteiger partial charge < -0.3 is 30.1 Å². The number of nitrogens with one attached hydrogen (secondary N) is 2. The van der Waals surface area contributed by atoms with E-state index >= 15 is 0 Å². The first kappa shape index (κ1) is 23.5. The molecule has 1 aromatic rings. The van der Waals surface area contributed by atoms with Gasteiger partial charge in [-0.3, -0.25) is 14.4 Å². The number of anilines is 1. The van der Waals surface area contributed by atoms with Gasteiger partial charge in [0.15, 0.2) is 0 Å². The van der Waals surface area contributed by atoms with Crippen LogP contribution in [0.3, 0.4) is 0 Å². The molecule has 9 nitrogen and oxygen atoms in total. The lowest BCUT2D eigenvalue weighted by atomic mass is 9.70. The van der Waals surface area contributed by atoms with Crippen molar-refractivity contribution >= 4 is 23.4 Å². The first-order chi connectivity index (χ1) is 16.0. The van der Waals surface area contributed by atoms with Crippen LogP contribution >= 0.6 is 0 Å². The summed E-state index contributed by atoms with van der Waals surface area (Å²) in [4.78, 5) is 41.5. The van der Waals surface area contributed by atoms with Gasteiger partial charge in [-0.2, -0.15) is 0 Å². The molecule has 0 radical (unpaired) electrons. The molecule has 0 saturated carbocycles. The Kier molecular flexibility index (Phi) is 6.90. The van der Waals surface area contributed by atoms with Gasteiger partial charge >= 0.3 is 0 Å². The normalized spacial score (nSPS) is 29.8. The number of benzene rings is 1. The average molecular weight is 460 g/mol. The van der Waals surface area contributed by atoms with Gasteiger partial charge in [0, 0.05) is 25.9 Å². The van der Waals surface area contributed by atoms with Crippen molar-refractivity contribution in [2.75, 3.05) is 32.6 Å². The number of amides is 3. The van der Waals surface area contributed by atoms with Crippen molar-refractivity contribution in [2.45, 2.75) is 56.3 Å². The third kappa shape index (κ3) is 4.08. The number of likely N-dealkylation sites (tertiary alicyclic amines) is 1. The molecule has 0 aromatic heterocycles. The van der Waals surface area contributed by atoms with Crippen LogP contribution in [0, 0.1) is 11.8 Å². The highest BCUT2D eigenvalue weighted by Crippen LogP contribution is 2.58. The molecule has 3 saturated heterocycles. The Morgan fingerprint density at radius 3 is 2.58 bits per heavy atom. The number of aliphatic hydroxyl groups excluding tert-OH is 1. The third-order valence-corrected chi connectivity index (χ3v) is 7.26. The summed E-state index contributed by atoms with van der Waals surface area (Å²) in [6.07, 6.45) is 4.01. The van der Waals surface area contributed by atoms with E-state index in [-0.39, 0.29) is 30.4 Å². The van der Waals surface area contributed by atoms with Gasteiger partial charge in [-0.15, -0.1) is 0 Å². The van der Waals surface area contributed by atoms with Crippen LogP contribution in [-0.4, -0.2) is 72.8 Å². The van der Waals surface area contributed by atoms with Crippen LogP contribution in [0.5, 0.6) is 5.75 Å². The van der Waals surface area contributed by atoms with Crippen molar-refractivity contribution in [1.82, 2.24) is 10.2 Å². The summed E-state index contributed by atoms with van der Waals surface area (Å²) >= 11 is 0. The Labute approximate surface area is 193 Å². The van der Waals surface area contributed by atoms with Crippen LogP contribution < -0.4 is 15.4 Å². The van der Waals surface area contributed by atoms with Gasteiger partial charge in [-0.05, 0) is 49.9 Å².